The molecule has 6 nitrogen and oxygen atoms in total. The predicted octanol–water partition coefficient (Wildman–Crippen LogP) is 3.61. The molecular weight excluding hydrogens is 393 g/mol. The topological polar surface area (TPSA) is 84.0 Å². The van der Waals surface area contributed by atoms with E-state index < -0.39 is 23.6 Å². The van der Waals surface area contributed by atoms with E-state index in [0.29, 0.717) is 16.3 Å². The third-order valence-electron chi connectivity index (χ3n) is 3.65. The van der Waals surface area contributed by atoms with E-state index in [4.69, 9.17) is 0 Å². The minimum Gasteiger partial charge on any atom is -0.266 e. The highest BCUT2D eigenvalue weighted by molar-refractivity contribution is 7.17. The summed E-state index contributed by atoms with van der Waals surface area (Å²) < 4.78 is 38.0. The standard InChI is InChI=1S/C18H13F3N4O2S/c1-10-14(16(27)25-24-15(26)13-4-2-3-9-22-13)28-17(23-10)11-5-7-12(8-6-11)18(19,20)21/h2-9H,1H3,(H,24,26)(H,25,27). The number of hydrogen-bond acceptors (Lipinski definition) is 5. The summed E-state index contributed by atoms with van der Waals surface area (Å²) in [6.07, 6.45) is -2.98. The zero-order chi connectivity index (χ0) is 20.3. The van der Waals surface area contributed by atoms with E-state index >= 15 is 0 Å². The fourth-order valence-electron chi connectivity index (χ4n) is 2.26. The number of nitrogens with zero attached hydrogens (tertiary/aromatic N) is 2. The second-order valence-electron chi connectivity index (χ2n) is 5.63. The highest BCUT2D eigenvalue weighted by Gasteiger charge is 2.30. The van der Waals surface area contributed by atoms with Gasteiger partial charge in [0.05, 0.1) is 11.3 Å². The number of rotatable bonds is 3. The Balaban J connectivity index is 1.71. The number of alkyl halides is 3. The zero-order valence-corrected chi connectivity index (χ0v) is 15.2. The predicted molar refractivity (Wildman–Crippen MR) is 96.5 cm³/mol. The Kier molecular flexibility index (Phi) is 5.41. The van der Waals surface area contributed by atoms with Gasteiger partial charge in [-0.25, -0.2) is 4.98 Å². The molecular formula is C18H13F3N4O2S. The molecule has 3 aromatic rings. The summed E-state index contributed by atoms with van der Waals surface area (Å²) >= 11 is 1.01. The summed E-state index contributed by atoms with van der Waals surface area (Å²) in [5, 5.41) is 0.396. The van der Waals surface area contributed by atoms with Gasteiger partial charge in [-0.1, -0.05) is 18.2 Å². The van der Waals surface area contributed by atoms with Crippen molar-refractivity contribution in [3.05, 3.63) is 70.5 Å². The fourth-order valence-corrected chi connectivity index (χ4v) is 3.23. The molecule has 0 unspecified atom stereocenters. The summed E-state index contributed by atoms with van der Waals surface area (Å²) in [5.74, 6) is -1.17. The number of carbonyl (C=O) groups is 2. The first-order chi connectivity index (χ1) is 13.3. The average molecular weight is 406 g/mol. The van der Waals surface area contributed by atoms with Gasteiger partial charge in [-0.3, -0.25) is 25.4 Å². The molecule has 0 aliphatic carbocycles. The lowest BCUT2D eigenvalue weighted by molar-refractivity contribution is -0.137. The quantitative estimate of drug-likeness (QED) is 0.651. The van der Waals surface area contributed by atoms with Gasteiger partial charge in [-0.15, -0.1) is 11.3 Å². The van der Waals surface area contributed by atoms with Crippen molar-refractivity contribution >= 4 is 23.2 Å². The van der Waals surface area contributed by atoms with Gasteiger partial charge in [0, 0.05) is 11.8 Å². The van der Waals surface area contributed by atoms with E-state index in [-0.39, 0.29) is 10.6 Å². The number of halogens is 3. The minimum absolute atomic E-state index is 0.134. The SMILES string of the molecule is Cc1nc(-c2ccc(C(F)(F)F)cc2)sc1C(=O)NNC(=O)c1ccccn1. The molecule has 0 saturated carbocycles. The van der Waals surface area contributed by atoms with Gasteiger partial charge in [-0.05, 0) is 31.2 Å². The molecule has 3 rings (SSSR count). The summed E-state index contributed by atoms with van der Waals surface area (Å²) in [5.41, 5.74) is 4.74. The van der Waals surface area contributed by atoms with E-state index in [2.05, 4.69) is 20.8 Å². The molecule has 28 heavy (non-hydrogen) atoms. The molecule has 0 aliphatic rings. The number of nitrogens with one attached hydrogen (secondary N) is 2. The lowest BCUT2D eigenvalue weighted by Crippen LogP contribution is -2.41. The zero-order valence-electron chi connectivity index (χ0n) is 14.4. The molecule has 2 heterocycles. The molecule has 0 bridgehead atoms. The number of aromatic nitrogens is 2. The van der Waals surface area contributed by atoms with Crippen LogP contribution in [0.5, 0.6) is 0 Å². The Bertz CT molecular complexity index is 1000. The van der Waals surface area contributed by atoms with Crippen molar-refractivity contribution in [1.29, 1.82) is 0 Å². The fraction of sp³-hybridized carbons (Fsp3) is 0.111. The van der Waals surface area contributed by atoms with Crippen molar-refractivity contribution in [3.8, 4) is 10.6 Å². The van der Waals surface area contributed by atoms with E-state index in [1.54, 1.807) is 19.1 Å². The second-order valence-corrected chi connectivity index (χ2v) is 6.63. The van der Waals surface area contributed by atoms with Crippen LogP contribution < -0.4 is 10.9 Å². The summed E-state index contributed by atoms with van der Waals surface area (Å²) in [6, 6.07) is 9.28. The molecule has 0 atom stereocenters. The van der Waals surface area contributed by atoms with Crippen molar-refractivity contribution in [2.24, 2.45) is 0 Å². The maximum atomic E-state index is 12.7. The normalized spacial score (nSPS) is 11.1. The molecule has 1 aromatic carbocycles. The number of benzene rings is 1. The highest BCUT2D eigenvalue weighted by Crippen LogP contribution is 2.32. The van der Waals surface area contributed by atoms with Gasteiger partial charge < -0.3 is 0 Å². The molecule has 0 radical (unpaired) electrons. The molecule has 2 amide bonds. The summed E-state index contributed by atoms with van der Waals surface area (Å²) in [6.45, 7) is 1.60. The first kappa shape index (κ1) is 19.5. The van der Waals surface area contributed by atoms with Crippen LogP contribution in [0, 0.1) is 6.92 Å². The number of thiazole rings is 1. The Hall–Kier alpha value is -3.27. The number of amides is 2. The number of carbonyl (C=O) groups excluding carboxylic acids is 2. The Morgan fingerprint density at radius 1 is 1.00 bits per heavy atom. The Labute approximate surface area is 161 Å². The van der Waals surface area contributed by atoms with Gasteiger partial charge in [0.2, 0.25) is 0 Å². The van der Waals surface area contributed by atoms with Crippen molar-refractivity contribution in [2.75, 3.05) is 0 Å². The molecule has 2 aromatic heterocycles. The van der Waals surface area contributed by atoms with Gasteiger partial charge in [0.1, 0.15) is 15.6 Å². The van der Waals surface area contributed by atoms with Gasteiger partial charge in [-0.2, -0.15) is 13.2 Å². The molecule has 0 fully saturated rings. The van der Waals surface area contributed by atoms with Crippen LogP contribution in [0.3, 0.4) is 0 Å². The van der Waals surface area contributed by atoms with Gasteiger partial charge in [0.25, 0.3) is 11.8 Å². The van der Waals surface area contributed by atoms with Crippen LogP contribution in [-0.2, 0) is 6.18 Å². The summed E-state index contributed by atoms with van der Waals surface area (Å²) in [4.78, 5) is 32.5. The molecule has 0 saturated heterocycles. The third-order valence-corrected chi connectivity index (χ3v) is 4.85. The molecule has 2 N–H and O–H groups in total. The second kappa shape index (κ2) is 7.77. The summed E-state index contributed by atoms with van der Waals surface area (Å²) in [7, 11) is 0. The van der Waals surface area contributed by atoms with Crippen LogP contribution in [0.2, 0.25) is 0 Å². The van der Waals surface area contributed by atoms with Gasteiger partial charge >= 0.3 is 6.18 Å². The van der Waals surface area contributed by atoms with E-state index in [1.807, 2.05) is 0 Å². The number of aryl methyl sites for hydroxylation is 1. The van der Waals surface area contributed by atoms with Crippen molar-refractivity contribution in [1.82, 2.24) is 20.8 Å². The maximum Gasteiger partial charge on any atom is 0.416 e. The van der Waals surface area contributed by atoms with Crippen molar-refractivity contribution in [2.45, 2.75) is 13.1 Å². The average Bonchev–Trinajstić information content (AvgIpc) is 3.08. The van der Waals surface area contributed by atoms with Crippen LogP contribution in [0.25, 0.3) is 10.6 Å². The smallest absolute Gasteiger partial charge is 0.266 e. The molecule has 0 spiro atoms. The van der Waals surface area contributed by atoms with E-state index in [0.717, 1.165) is 23.5 Å². The van der Waals surface area contributed by atoms with Crippen LogP contribution in [0.15, 0.2) is 48.7 Å². The largest absolute Gasteiger partial charge is 0.416 e. The van der Waals surface area contributed by atoms with Crippen molar-refractivity contribution < 1.29 is 22.8 Å². The van der Waals surface area contributed by atoms with Crippen LogP contribution in [0.4, 0.5) is 13.2 Å². The lowest BCUT2D eigenvalue weighted by atomic mass is 10.1. The number of hydrogen-bond donors (Lipinski definition) is 2. The maximum absolute atomic E-state index is 12.7. The van der Waals surface area contributed by atoms with Crippen LogP contribution in [0.1, 0.15) is 31.4 Å². The molecule has 10 heteroatoms. The lowest BCUT2D eigenvalue weighted by Gasteiger charge is -2.06. The third kappa shape index (κ3) is 4.34. The van der Waals surface area contributed by atoms with Crippen LogP contribution in [-0.4, -0.2) is 21.8 Å². The first-order valence-corrected chi connectivity index (χ1v) is 8.74. The molecule has 0 aliphatic heterocycles. The molecule has 144 valence electrons. The minimum atomic E-state index is -4.42. The number of pyridine rings is 1. The Morgan fingerprint density at radius 3 is 2.29 bits per heavy atom. The first-order valence-electron chi connectivity index (χ1n) is 7.92. The van der Waals surface area contributed by atoms with Crippen molar-refractivity contribution in [3.63, 3.8) is 0 Å². The highest BCUT2D eigenvalue weighted by atomic mass is 32.1. The Morgan fingerprint density at radius 2 is 1.68 bits per heavy atom. The van der Waals surface area contributed by atoms with Crippen LogP contribution >= 0.6 is 11.3 Å². The number of hydrazine groups is 1. The van der Waals surface area contributed by atoms with E-state index in [1.165, 1.54) is 24.4 Å². The van der Waals surface area contributed by atoms with Gasteiger partial charge in [0.15, 0.2) is 0 Å². The monoisotopic (exact) mass is 406 g/mol. The van der Waals surface area contributed by atoms with E-state index in [9.17, 15) is 22.8 Å².